The number of furan rings is 1. The van der Waals surface area contributed by atoms with Gasteiger partial charge < -0.3 is 19.4 Å². The maximum Gasteiger partial charge on any atom is 0.193 e. The van der Waals surface area contributed by atoms with Gasteiger partial charge >= 0.3 is 0 Å². The summed E-state index contributed by atoms with van der Waals surface area (Å²) in [6.45, 7) is 3.08. The van der Waals surface area contributed by atoms with Crippen LogP contribution >= 0.6 is 0 Å². The number of para-hydroxylation sites is 1. The zero-order valence-corrected chi connectivity index (χ0v) is 13.9. The highest BCUT2D eigenvalue weighted by Crippen LogP contribution is 2.28. The van der Waals surface area contributed by atoms with E-state index in [0.29, 0.717) is 6.54 Å². The number of hydrogen-bond donors (Lipinski definition) is 1. The lowest BCUT2D eigenvalue weighted by Gasteiger charge is -2.21. The molecular weight excluding hydrogens is 290 g/mol. The van der Waals surface area contributed by atoms with E-state index in [1.807, 2.05) is 25.2 Å². The Kier molecular flexibility index (Phi) is 5.18. The molecular formula is C18H25N3O2. The second-order valence-corrected chi connectivity index (χ2v) is 6.09. The lowest BCUT2D eigenvalue weighted by molar-refractivity contribution is 0.115. The van der Waals surface area contributed by atoms with Crippen LogP contribution in [0, 0.1) is 5.92 Å². The van der Waals surface area contributed by atoms with Crippen LogP contribution < -0.4 is 5.32 Å². The maximum absolute atomic E-state index is 5.81. The van der Waals surface area contributed by atoms with Crippen molar-refractivity contribution in [1.82, 2.24) is 10.2 Å². The smallest absolute Gasteiger partial charge is 0.193 e. The third kappa shape index (κ3) is 4.48. The molecule has 0 spiro atoms. The van der Waals surface area contributed by atoms with Crippen molar-refractivity contribution in [2.24, 2.45) is 10.9 Å². The van der Waals surface area contributed by atoms with Gasteiger partial charge in [0.15, 0.2) is 5.96 Å². The summed E-state index contributed by atoms with van der Waals surface area (Å²) in [6.07, 6.45) is 2.66. The number of nitrogens with one attached hydrogen (secondary N) is 1. The predicted molar refractivity (Wildman–Crippen MR) is 92.6 cm³/mol. The van der Waals surface area contributed by atoms with E-state index >= 15 is 0 Å². The lowest BCUT2D eigenvalue weighted by atomic mass is 10.2. The van der Waals surface area contributed by atoms with Gasteiger partial charge in [-0.1, -0.05) is 18.2 Å². The number of aliphatic imine (C=N–C) groups is 1. The lowest BCUT2D eigenvalue weighted by Crippen LogP contribution is -2.40. The largest absolute Gasteiger partial charge is 0.459 e. The van der Waals surface area contributed by atoms with E-state index < -0.39 is 0 Å². The molecule has 1 heterocycles. The summed E-state index contributed by atoms with van der Waals surface area (Å²) in [5.41, 5.74) is 0.918. The Bertz CT molecular complexity index is 628. The highest BCUT2D eigenvalue weighted by Gasteiger charge is 2.21. The van der Waals surface area contributed by atoms with Crippen molar-refractivity contribution < 1.29 is 9.15 Å². The summed E-state index contributed by atoms with van der Waals surface area (Å²) >= 11 is 0. The average Bonchev–Trinajstić information content (AvgIpc) is 3.29. The van der Waals surface area contributed by atoms with Gasteiger partial charge in [0, 0.05) is 32.6 Å². The van der Waals surface area contributed by atoms with Crippen LogP contribution in [0.2, 0.25) is 0 Å². The number of guanidine groups is 1. The van der Waals surface area contributed by atoms with Crippen LogP contribution in [-0.2, 0) is 11.3 Å². The molecule has 0 radical (unpaired) electrons. The number of likely N-dealkylation sites (N-methyl/N-ethyl adjacent to an activating group) is 1. The molecule has 0 aliphatic heterocycles. The monoisotopic (exact) mass is 315 g/mol. The summed E-state index contributed by atoms with van der Waals surface area (Å²) in [6, 6.07) is 10.1. The van der Waals surface area contributed by atoms with Crippen LogP contribution in [0.3, 0.4) is 0 Å². The van der Waals surface area contributed by atoms with Gasteiger partial charge in [0.2, 0.25) is 0 Å². The van der Waals surface area contributed by atoms with E-state index in [4.69, 9.17) is 9.15 Å². The normalized spacial score (nSPS) is 15.1. The van der Waals surface area contributed by atoms with Crippen LogP contribution in [0.4, 0.5) is 0 Å². The molecule has 124 valence electrons. The number of benzene rings is 1. The summed E-state index contributed by atoms with van der Waals surface area (Å²) < 4.78 is 11.5. The molecule has 3 rings (SSSR count). The first-order valence-electron chi connectivity index (χ1n) is 8.23. The molecule has 1 aromatic carbocycles. The number of ether oxygens (including phenoxy) is 1. The first-order valence-corrected chi connectivity index (χ1v) is 8.23. The summed E-state index contributed by atoms with van der Waals surface area (Å²) in [5.74, 6) is 2.57. The molecule has 1 saturated carbocycles. The molecule has 0 atom stereocenters. The zero-order valence-electron chi connectivity index (χ0n) is 13.9. The molecule has 0 amide bonds. The van der Waals surface area contributed by atoms with Gasteiger partial charge in [0.25, 0.3) is 0 Å². The van der Waals surface area contributed by atoms with Crippen LogP contribution in [0.1, 0.15) is 18.6 Å². The summed E-state index contributed by atoms with van der Waals surface area (Å²) in [5, 5.41) is 4.46. The van der Waals surface area contributed by atoms with Gasteiger partial charge in [-0.2, -0.15) is 0 Å². The molecule has 1 aliphatic carbocycles. The molecule has 5 heteroatoms. The molecule has 1 aromatic heterocycles. The highest BCUT2D eigenvalue weighted by atomic mass is 16.5. The van der Waals surface area contributed by atoms with Gasteiger partial charge in [-0.25, -0.2) is 0 Å². The van der Waals surface area contributed by atoms with Crippen molar-refractivity contribution >= 4 is 16.9 Å². The van der Waals surface area contributed by atoms with Crippen molar-refractivity contribution in [2.45, 2.75) is 19.4 Å². The van der Waals surface area contributed by atoms with E-state index in [2.05, 4.69) is 27.3 Å². The minimum Gasteiger partial charge on any atom is -0.459 e. The SMILES string of the molecule is CN=C(NCc1cc2ccccc2o1)N(C)CCOCC1CC1. The Morgan fingerprint density at radius 2 is 2.22 bits per heavy atom. The van der Waals surface area contributed by atoms with Gasteiger partial charge in [-0.15, -0.1) is 0 Å². The Morgan fingerprint density at radius 1 is 1.39 bits per heavy atom. The van der Waals surface area contributed by atoms with Gasteiger partial charge in [-0.3, -0.25) is 4.99 Å². The minimum atomic E-state index is 0.620. The molecule has 1 aliphatic rings. The van der Waals surface area contributed by atoms with Gasteiger partial charge in [-0.05, 0) is 30.9 Å². The molecule has 0 unspecified atom stereocenters. The molecule has 5 nitrogen and oxygen atoms in total. The number of fused-ring (bicyclic) bond motifs is 1. The molecule has 2 aromatic rings. The number of nitrogens with zero attached hydrogens (tertiary/aromatic N) is 2. The average molecular weight is 315 g/mol. The number of hydrogen-bond acceptors (Lipinski definition) is 3. The summed E-state index contributed by atoms with van der Waals surface area (Å²) in [4.78, 5) is 6.40. The fourth-order valence-electron chi connectivity index (χ4n) is 2.52. The van der Waals surface area contributed by atoms with Crippen molar-refractivity contribution in [3.8, 4) is 0 Å². The Balaban J connectivity index is 1.46. The van der Waals surface area contributed by atoms with Crippen molar-refractivity contribution in [3.05, 3.63) is 36.1 Å². The third-order valence-corrected chi connectivity index (χ3v) is 4.09. The zero-order chi connectivity index (χ0) is 16.1. The Hall–Kier alpha value is -2.01. The van der Waals surface area contributed by atoms with Gasteiger partial charge in [0.1, 0.15) is 11.3 Å². The Morgan fingerprint density at radius 3 is 2.96 bits per heavy atom. The second-order valence-electron chi connectivity index (χ2n) is 6.09. The minimum absolute atomic E-state index is 0.620. The molecule has 23 heavy (non-hydrogen) atoms. The quantitative estimate of drug-likeness (QED) is 0.485. The molecule has 0 saturated heterocycles. The fourth-order valence-corrected chi connectivity index (χ4v) is 2.52. The second kappa shape index (κ2) is 7.51. The van der Waals surface area contributed by atoms with Gasteiger partial charge in [0.05, 0.1) is 13.2 Å². The Labute approximate surface area is 137 Å². The van der Waals surface area contributed by atoms with E-state index in [-0.39, 0.29) is 0 Å². The van der Waals surface area contributed by atoms with E-state index in [9.17, 15) is 0 Å². The standard InChI is InChI=1S/C18H25N3O2/c1-19-18(21(2)9-10-22-13-14-7-8-14)20-12-16-11-15-5-3-4-6-17(15)23-16/h3-6,11,14H,7-10,12-13H2,1-2H3,(H,19,20). The third-order valence-electron chi connectivity index (χ3n) is 4.09. The molecule has 1 N–H and O–H groups in total. The van der Waals surface area contributed by atoms with Crippen LogP contribution in [0.15, 0.2) is 39.7 Å². The fraction of sp³-hybridized carbons (Fsp3) is 0.500. The van der Waals surface area contributed by atoms with Crippen LogP contribution in [0.25, 0.3) is 11.0 Å². The first-order chi connectivity index (χ1) is 11.3. The first kappa shape index (κ1) is 15.9. The van der Waals surface area contributed by atoms with Crippen molar-refractivity contribution in [3.63, 3.8) is 0 Å². The van der Waals surface area contributed by atoms with Crippen LogP contribution in [-0.4, -0.2) is 44.7 Å². The number of rotatable bonds is 7. The highest BCUT2D eigenvalue weighted by molar-refractivity contribution is 5.80. The van der Waals surface area contributed by atoms with E-state index in [1.165, 1.54) is 12.8 Å². The van der Waals surface area contributed by atoms with E-state index in [1.54, 1.807) is 7.05 Å². The van der Waals surface area contributed by atoms with Crippen LogP contribution in [0.5, 0.6) is 0 Å². The summed E-state index contributed by atoms with van der Waals surface area (Å²) in [7, 11) is 3.82. The topological polar surface area (TPSA) is 50.0 Å². The van der Waals surface area contributed by atoms with Crippen molar-refractivity contribution in [2.75, 3.05) is 33.9 Å². The molecule has 0 bridgehead atoms. The molecule has 1 fully saturated rings. The predicted octanol–water partition coefficient (Wildman–Crippen LogP) is 2.87. The van der Waals surface area contributed by atoms with E-state index in [0.717, 1.165) is 48.4 Å². The maximum atomic E-state index is 5.81. The van der Waals surface area contributed by atoms with Crippen molar-refractivity contribution in [1.29, 1.82) is 0 Å².